The quantitative estimate of drug-likeness (QED) is 0.429. The molecule has 2 heterocycles. The van der Waals surface area contributed by atoms with Crippen molar-refractivity contribution in [3.05, 3.63) is 89.9 Å². The van der Waals surface area contributed by atoms with Crippen LogP contribution in [0.25, 0.3) is 0 Å². The SMILES string of the molecule is CC(C)c1ccccc1N(C(=O)c1ccco1)C1CCN(CCc2ccccc2)CC1.Cl. The van der Waals surface area contributed by atoms with Crippen molar-refractivity contribution in [2.75, 3.05) is 24.5 Å². The third kappa shape index (κ3) is 5.62. The number of amides is 1. The van der Waals surface area contributed by atoms with Gasteiger partial charge in [-0.05, 0) is 54.5 Å². The summed E-state index contributed by atoms with van der Waals surface area (Å²) < 4.78 is 5.50. The summed E-state index contributed by atoms with van der Waals surface area (Å²) in [5, 5.41) is 0. The van der Waals surface area contributed by atoms with E-state index in [0.717, 1.165) is 44.6 Å². The van der Waals surface area contributed by atoms with Gasteiger partial charge >= 0.3 is 0 Å². The predicted molar refractivity (Wildman–Crippen MR) is 133 cm³/mol. The molecule has 3 aromatic rings. The average Bonchev–Trinajstić information content (AvgIpc) is 3.35. The minimum absolute atomic E-state index is 0. The number of halogens is 1. The molecule has 0 N–H and O–H groups in total. The lowest BCUT2D eigenvalue weighted by atomic mass is 9.96. The zero-order valence-electron chi connectivity index (χ0n) is 18.9. The second-order valence-electron chi connectivity index (χ2n) is 8.67. The van der Waals surface area contributed by atoms with Crippen molar-refractivity contribution in [2.45, 2.75) is 45.1 Å². The van der Waals surface area contributed by atoms with Crippen molar-refractivity contribution in [3.8, 4) is 0 Å². The molecule has 4 rings (SSSR count). The summed E-state index contributed by atoms with van der Waals surface area (Å²) in [7, 11) is 0. The number of hydrogen-bond donors (Lipinski definition) is 0. The maximum atomic E-state index is 13.5. The van der Waals surface area contributed by atoms with Crippen LogP contribution < -0.4 is 4.90 Å². The summed E-state index contributed by atoms with van der Waals surface area (Å²) in [4.78, 5) is 18.0. The number of anilines is 1. The van der Waals surface area contributed by atoms with Gasteiger partial charge in [0.25, 0.3) is 5.91 Å². The van der Waals surface area contributed by atoms with E-state index >= 15 is 0 Å². The molecule has 0 unspecified atom stereocenters. The number of furan rings is 1. The maximum Gasteiger partial charge on any atom is 0.294 e. The Morgan fingerprint density at radius 2 is 1.69 bits per heavy atom. The van der Waals surface area contributed by atoms with Crippen LogP contribution in [-0.4, -0.2) is 36.5 Å². The summed E-state index contributed by atoms with van der Waals surface area (Å²) >= 11 is 0. The highest BCUT2D eigenvalue weighted by molar-refractivity contribution is 6.05. The van der Waals surface area contributed by atoms with Crippen LogP contribution in [0.1, 0.15) is 54.3 Å². The third-order valence-corrected chi connectivity index (χ3v) is 6.25. The third-order valence-electron chi connectivity index (χ3n) is 6.25. The summed E-state index contributed by atoms with van der Waals surface area (Å²) in [6.07, 6.45) is 4.57. The fourth-order valence-electron chi connectivity index (χ4n) is 4.52. The fourth-order valence-corrected chi connectivity index (χ4v) is 4.52. The smallest absolute Gasteiger partial charge is 0.294 e. The fraction of sp³-hybridized carbons (Fsp3) is 0.370. The molecule has 0 aliphatic carbocycles. The molecular formula is C27H33ClN2O2. The molecule has 0 spiro atoms. The van der Waals surface area contributed by atoms with Crippen molar-refractivity contribution >= 4 is 24.0 Å². The van der Waals surface area contributed by atoms with Crippen molar-refractivity contribution < 1.29 is 9.21 Å². The van der Waals surface area contributed by atoms with Crippen molar-refractivity contribution in [2.24, 2.45) is 0 Å². The predicted octanol–water partition coefficient (Wildman–Crippen LogP) is 6.18. The van der Waals surface area contributed by atoms with Crippen LogP contribution in [0, 0.1) is 0 Å². The lowest BCUT2D eigenvalue weighted by Crippen LogP contribution is -2.48. The molecule has 1 amide bonds. The zero-order valence-corrected chi connectivity index (χ0v) is 19.8. The second-order valence-corrected chi connectivity index (χ2v) is 8.67. The van der Waals surface area contributed by atoms with Gasteiger partial charge in [0.15, 0.2) is 5.76 Å². The van der Waals surface area contributed by atoms with Gasteiger partial charge in [-0.3, -0.25) is 4.79 Å². The summed E-state index contributed by atoms with van der Waals surface area (Å²) in [5.74, 6) is 0.708. The number of para-hydroxylation sites is 1. The number of rotatable bonds is 7. The first-order valence-electron chi connectivity index (χ1n) is 11.4. The lowest BCUT2D eigenvalue weighted by Gasteiger charge is -2.39. The Hall–Kier alpha value is -2.56. The molecule has 32 heavy (non-hydrogen) atoms. The van der Waals surface area contributed by atoms with E-state index in [4.69, 9.17) is 4.42 Å². The molecule has 0 saturated carbocycles. The van der Waals surface area contributed by atoms with Gasteiger partial charge in [-0.1, -0.05) is 62.4 Å². The molecule has 1 aliphatic rings. The van der Waals surface area contributed by atoms with Crippen LogP contribution in [0.5, 0.6) is 0 Å². The monoisotopic (exact) mass is 452 g/mol. The Morgan fingerprint density at radius 3 is 2.34 bits per heavy atom. The van der Waals surface area contributed by atoms with E-state index in [1.54, 1.807) is 18.4 Å². The van der Waals surface area contributed by atoms with Crippen LogP contribution >= 0.6 is 12.4 Å². The highest BCUT2D eigenvalue weighted by atomic mass is 35.5. The number of nitrogens with zero attached hydrogens (tertiary/aromatic N) is 2. The first kappa shape index (κ1) is 24.1. The molecule has 2 aromatic carbocycles. The molecule has 0 bridgehead atoms. The molecule has 5 heteroatoms. The van der Waals surface area contributed by atoms with Crippen molar-refractivity contribution in [1.29, 1.82) is 0 Å². The molecule has 0 radical (unpaired) electrons. The van der Waals surface area contributed by atoms with Crippen LogP contribution in [0.15, 0.2) is 77.4 Å². The standard InChI is InChI=1S/C27H32N2O2.ClH/c1-21(2)24-11-6-7-12-25(24)29(27(30)26-13-8-20-31-26)23-15-18-28(19-16-23)17-14-22-9-4-3-5-10-22;/h3-13,20-21,23H,14-19H2,1-2H3;1H. The van der Waals surface area contributed by atoms with E-state index in [-0.39, 0.29) is 24.4 Å². The molecular weight excluding hydrogens is 420 g/mol. The van der Waals surface area contributed by atoms with Gasteiger partial charge in [-0.25, -0.2) is 0 Å². The first-order chi connectivity index (χ1) is 15.1. The molecule has 1 fully saturated rings. The van der Waals surface area contributed by atoms with Crippen LogP contribution in [0.3, 0.4) is 0 Å². The molecule has 1 saturated heterocycles. The number of likely N-dealkylation sites (tertiary alicyclic amines) is 1. The number of hydrogen-bond acceptors (Lipinski definition) is 3. The van der Waals surface area contributed by atoms with Gasteiger partial charge < -0.3 is 14.2 Å². The van der Waals surface area contributed by atoms with Crippen LogP contribution in [0.4, 0.5) is 5.69 Å². The van der Waals surface area contributed by atoms with Gasteiger partial charge in [0.2, 0.25) is 0 Å². The highest BCUT2D eigenvalue weighted by Crippen LogP contribution is 2.32. The van der Waals surface area contributed by atoms with Gasteiger partial charge in [-0.2, -0.15) is 0 Å². The van der Waals surface area contributed by atoms with E-state index in [1.165, 1.54) is 11.1 Å². The molecule has 1 aliphatic heterocycles. The van der Waals surface area contributed by atoms with Crippen LogP contribution in [-0.2, 0) is 6.42 Å². The largest absolute Gasteiger partial charge is 0.459 e. The Labute approximate surface area is 197 Å². The first-order valence-corrected chi connectivity index (χ1v) is 11.4. The Kier molecular flexibility index (Phi) is 8.54. The van der Waals surface area contributed by atoms with Gasteiger partial charge in [-0.15, -0.1) is 12.4 Å². The molecule has 0 atom stereocenters. The number of carbonyl (C=O) groups is 1. The Morgan fingerprint density at radius 1 is 1.00 bits per heavy atom. The molecule has 170 valence electrons. The Balaban J connectivity index is 0.00000289. The topological polar surface area (TPSA) is 36.7 Å². The van der Waals surface area contributed by atoms with Gasteiger partial charge in [0.1, 0.15) is 0 Å². The zero-order chi connectivity index (χ0) is 21.6. The normalized spacial score (nSPS) is 14.8. The van der Waals surface area contributed by atoms with E-state index in [9.17, 15) is 4.79 Å². The average molecular weight is 453 g/mol. The van der Waals surface area contributed by atoms with E-state index in [0.29, 0.717) is 11.7 Å². The number of carbonyl (C=O) groups excluding carboxylic acids is 1. The number of benzene rings is 2. The summed E-state index contributed by atoms with van der Waals surface area (Å²) in [6.45, 7) is 7.43. The highest BCUT2D eigenvalue weighted by Gasteiger charge is 2.32. The Bertz CT molecular complexity index is 964. The lowest BCUT2D eigenvalue weighted by molar-refractivity contribution is 0.0933. The maximum absolute atomic E-state index is 13.5. The van der Waals surface area contributed by atoms with E-state index in [1.807, 2.05) is 11.0 Å². The van der Waals surface area contributed by atoms with Crippen LogP contribution in [0.2, 0.25) is 0 Å². The molecule has 1 aromatic heterocycles. The minimum Gasteiger partial charge on any atom is -0.459 e. The summed E-state index contributed by atoms with van der Waals surface area (Å²) in [6, 6.07) is 22.7. The van der Waals surface area contributed by atoms with Crippen molar-refractivity contribution in [1.82, 2.24) is 4.90 Å². The number of piperidine rings is 1. The van der Waals surface area contributed by atoms with Crippen molar-refractivity contribution in [3.63, 3.8) is 0 Å². The van der Waals surface area contributed by atoms with Gasteiger partial charge in [0.05, 0.1) is 6.26 Å². The second kappa shape index (κ2) is 11.3. The van der Waals surface area contributed by atoms with Gasteiger partial charge in [0, 0.05) is 31.4 Å². The molecule has 4 nitrogen and oxygen atoms in total. The van der Waals surface area contributed by atoms with E-state index in [2.05, 4.69) is 67.3 Å². The van der Waals surface area contributed by atoms with E-state index < -0.39 is 0 Å². The minimum atomic E-state index is -0.0409. The summed E-state index contributed by atoms with van der Waals surface area (Å²) in [5.41, 5.74) is 3.60.